The highest BCUT2D eigenvalue weighted by Crippen LogP contribution is 2.27. The van der Waals surface area contributed by atoms with Crippen molar-refractivity contribution in [3.05, 3.63) is 30.1 Å². The fourth-order valence-corrected chi connectivity index (χ4v) is 2.71. The smallest absolute Gasteiger partial charge is 0.297 e. The largest absolute Gasteiger partial charge is 0.356 e. The quantitative estimate of drug-likeness (QED) is 0.840. The first-order valence-electron chi connectivity index (χ1n) is 6.31. The Labute approximate surface area is 121 Å². The summed E-state index contributed by atoms with van der Waals surface area (Å²) in [5.74, 6) is 1.05. The molecule has 1 atom stereocenters. The average molecular weight is 297 g/mol. The van der Waals surface area contributed by atoms with Gasteiger partial charge in [0, 0.05) is 24.2 Å². The molecule has 2 rings (SSSR count). The number of fused-ring (bicyclic) bond motifs is 1. The number of halogens is 2. The van der Waals surface area contributed by atoms with E-state index in [0.29, 0.717) is 11.3 Å². The van der Waals surface area contributed by atoms with Crippen molar-refractivity contribution in [2.24, 2.45) is 0 Å². The molecule has 1 unspecified atom stereocenters. The van der Waals surface area contributed by atoms with E-state index in [2.05, 4.69) is 16.9 Å². The zero-order valence-electron chi connectivity index (χ0n) is 11.7. The first kappa shape index (κ1) is 15.0. The maximum Gasteiger partial charge on any atom is 0.297 e. The van der Waals surface area contributed by atoms with E-state index in [1.807, 2.05) is 30.3 Å². The van der Waals surface area contributed by atoms with Gasteiger partial charge in [0.05, 0.1) is 5.52 Å². The minimum atomic E-state index is -2.66. The topological polar surface area (TPSA) is 29.0 Å². The highest BCUT2D eigenvalue weighted by molar-refractivity contribution is 7.98. The molecular weight excluding hydrogens is 280 g/mol. The van der Waals surface area contributed by atoms with Crippen molar-refractivity contribution in [1.29, 1.82) is 0 Å². The molecule has 2 aromatic rings. The first-order chi connectivity index (χ1) is 9.54. The van der Waals surface area contributed by atoms with Crippen molar-refractivity contribution in [2.45, 2.75) is 19.4 Å². The first-order valence-corrected chi connectivity index (χ1v) is 7.70. The molecule has 108 valence electrons. The van der Waals surface area contributed by atoms with Crippen molar-refractivity contribution in [3.8, 4) is 0 Å². The molecule has 0 saturated heterocycles. The zero-order chi connectivity index (χ0) is 14.7. The number of para-hydroxylation sites is 1. The molecule has 0 radical (unpaired) electrons. The molecule has 20 heavy (non-hydrogen) atoms. The number of alkyl halides is 2. The highest BCUT2D eigenvalue weighted by atomic mass is 32.2. The van der Waals surface area contributed by atoms with Crippen molar-refractivity contribution >= 4 is 28.5 Å². The van der Waals surface area contributed by atoms with Gasteiger partial charge in [0.1, 0.15) is 5.82 Å². The summed E-state index contributed by atoms with van der Waals surface area (Å²) in [7, 11) is 1.88. The number of hydrogen-bond acceptors (Lipinski definition) is 4. The molecule has 0 aliphatic heterocycles. The minimum Gasteiger partial charge on any atom is -0.356 e. The Kier molecular flexibility index (Phi) is 4.75. The van der Waals surface area contributed by atoms with E-state index in [1.165, 1.54) is 0 Å². The summed E-state index contributed by atoms with van der Waals surface area (Å²) in [6.45, 7) is 2.05. The minimum absolute atomic E-state index is 0.203. The Morgan fingerprint density at radius 1 is 1.25 bits per heavy atom. The van der Waals surface area contributed by atoms with Crippen LogP contribution in [0.5, 0.6) is 0 Å². The van der Waals surface area contributed by atoms with Crippen molar-refractivity contribution in [2.75, 3.05) is 24.0 Å². The lowest BCUT2D eigenvalue weighted by molar-refractivity contribution is 0.141. The molecule has 0 saturated carbocycles. The van der Waals surface area contributed by atoms with Crippen LogP contribution in [0.1, 0.15) is 19.2 Å². The van der Waals surface area contributed by atoms with Crippen LogP contribution in [0.3, 0.4) is 0 Å². The van der Waals surface area contributed by atoms with Gasteiger partial charge in [0.25, 0.3) is 6.43 Å². The van der Waals surface area contributed by atoms with E-state index < -0.39 is 12.2 Å². The van der Waals surface area contributed by atoms with Gasteiger partial charge in [-0.25, -0.2) is 18.7 Å². The van der Waals surface area contributed by atoms with Crippen LogP contribution in [-0.2, 0) is 0 Å². The van der Waals surface area contributed by atoms with Crippen LogP contribution in [0.2, 0.25) is 0 Å². The van der Waals surface area contributed by atoms with E-state index in [9.17, 15) is 8.78 Å². The summed E-state index contributed by atoms with van der Waals surface area (Å²) < 4.78 is 25.9. The Balaban J connectivity index is 2.54. The third kappa shape index (κ3) is 3.00. The van der Waals surface area contributed by atoms with Gasteiger partial charge in [-0.05, 0) is 25.3 Å². The summed E-state index contributed by atoms with van der Waals surface area (Å²) in [6.07, 6.45) is -0.643. The molecule has 1 aromatic heterocycles. The van der Waals surface area contributed by atoms with Gasteiger partial charge in [-0.1, -0.05) is 12.1 Å². The van der Waals surface area contributed by atoms with Gasteiger partial charge in [-0.2, -0.15) is 11.8 Å². The molecule has 0 spiro atoms. The number of thioether (sulfide) groups is 1. The van der Waals surface area contributed by atoms with Crippen molar-refractivity contribution < 1.29 is 8.78 Å². The predicted molar refractivity (Wildman–Crippen MR) is 80.7 cm³/mol. The molecular formula is C14H17F2N3S. The standard InChI is InChI=1S/C14H17F2N3S/c1-9(8-20-3)19(2)14-10-6-4-5-7-11(10)17-13(18-14)12(15)16/h4-7,9,12H,8H2,1-3H3. The highest BCUT2D eigenvalue weighted by Gasteiger charge is 2.19. The lowest BCUT2D eigenvalue weighted by Crippen LogP contribution is -2.32. The third-order valence-corrected chi connectivity index (χ3v) is 4.01. The van der Waals surface area contributed by atoms with E-state index in [1.54, 1.807) is 23.9 Å². The molecule has 0 N–H and O–H groups in total. The van der Waals surface area contributed by atoms with E-state index in [4.69, 9.17) is 0 Å². The number of nitrogens with zero attached hydrogens (tertiary/aromatic N) is 3. The molecule has 1 heterocycles. The summed E-state index contributed by atoms with van der Waals surface area (Å²) in [4.78, 5) is 9.93. The van der Waals surface area contributed by atoms with E-state index >= 15 is 0 Å². The number of rotatable bonds is 5. The molecule has 6 heteroatoms. The second-order valence-corrected chi connectivity index (χ2v) is 5.55. The van der Waals surface area contributed by atoms with Gasteiger partial charge < -0.3 is 4.90 Å². The maximum absolute atomic E-state index is 12.9. The Bertz CT molecular complexity index is 592. The third-order valence-electron chi connectivity index (χ3n) is 3.20. The van der Waals surface area contributed by atoms with Gasteiger partial charge >= 0.3 is 0 Å². The van der Waals surface area contributed by atoms with Crippen LogP contribution in [0.25, 0.3) is 10.9 Å². The van der Waals surface area contributed by atoms with Crippen LogP contribution in [0.4, 0.5) is 14.6 Å². The summed E-state index contributed by atoms with van der Waals surface area (Å²) in [6, 6.07) is 7.46. The fourth-order valence-electron chi connectivity index (χ4n) is 2.01. The number of hydrogen-bond donors (Lipinski definition) is 0. The molecule has 0 aliphatic carbocycles. The maximum atomic E-state index is 12.9. The van der Waals surface area contributed by atoms with Crippen LogP contribution < -0.4 is 4.90 Å². The fraction of sp³-hybridized carbons (Fsp3) is 0.429. The van der Waals surface area contributed by atoms with Crippen LogP contribution in [0, 0.1) is 0 Å². The molecule has 0 fully saturated rings. The van der Waals surface area contributed by atoms with Crippen LogP contribution in [0.15, 0.2) is 24.3 Å². The Morgan fingerprint density at radius 3 is 2.60 bits per heavy atom. The summed E-state index contributed by atoms with van der Waals surface area (Å²) >= 11 is 1.72. The average Bonchev–Trinajstić information content (AvgIpc) is 2.45. The molecule has 3 nitrogen and oxygen atoms in total. The van der Waals surface area contributed by atoms with Gasteiger partial charge in [-0.15, -0.1) is 0 Å². The van der Waals surface area contributed by atoms with Crippen molar-refractivity contribution in [3.63, 3.8) is 0 Å². The monoisotopic (exact) mass is 297 g/mol. The molecule has 1 aromatic carbocycles. The lowest BCUT2D eigenvalue weighted by atomic mass is 10.2. The lowest BCUT2D eigenvalue weighted by Gasteiger charge is -2.26. The number of anilines is 1. The molecule has 0 bridgehead atoms. The van der Waals surface area contributed by atoms with Gasteiger partial charge in [-0.3, -0.25) is 0 Å². The number of benzene rings is 1. The predicted octanol–water partition coefficient (Wildman–Crippen LogP) is 3.76. The van der Waals surface area contributed by atoms with E-state index in [0.717, 1.165) is 11.1 Å². The van der Waals surface area contributed by atoms with E-state index in [-0.39, 0.29) is 6.04 Å². The summed E-state index contributed by atoms with van der Waals surface area (Å²) in [5, 5.41) is 0.798. The van der Waals surface area contributed by atoms with Gasteiger partial charge in [0.2, 0.25) is 0 Å². The molecule has 0 aliphatic rings. The Hall–Kier alpha value is -1.43. The number of aromatic nitrogens is 2. The summed E-state index contributed by atoms with van der Waals surface area (Å²) in [5.41, 5.74) is 0.552. The van der Waals surface area contributed by atoms with Crippen LogP contribution >= 0.6 is 11.8 Å². The Morgan fingerprint density at radius 2 is 1.95 bits per heavy atom. The van der Waals surface area contributed by atoms with Crippen molar-refractivity contribution in [1.82, 2.24) is 9.97 Å². The second-order valence-electron chi connectivity index (χ2n) is 4.64. The van der Waals surface area contributed by atoms with Crippen LogP contribution in [-0.4, -0.2) is 35.1 Å². The SMILES string of the molecule is CSCC(C)N(C)c1nc(C(F)F)nc2ccccc12. The zero-order valence-corrected chi connectivity index (χ0v) is 12.5. The molecule has 0 amide bonds. The normalized spacial score (nSPS) is 12.9. The van der Waals surface area contributed by atoms with Gasteiger partial charge in [0.15, 0.2) is 5.82 Å². The second kappa shape index (κ2) is 6.35.